The van der Waals surface area contributed by atoms with Crippen molar-refractivity contribution in [1.82, 2.24) is 9.78 Å². The van der Waals surface area contributed by atoms with Crippen molar-refractivity contribution in [1.29, 1.82) is 0 Å². The summed E-state index contributed by atoms with van der Waals surface area (Å²) in [5, 5.41) is 8.38. The van der Waals surface area contributed by atoms with Crippen molar-refractivity contribution in [3.8, 4) is 16.9 Å². The van der Waals surface area contributed by atoms with Crippen molar-refractivity contribution in [2.75, 3.05) is 11.9 Å². The molecule has 1 aromatic heterocycles. The Labute approximate surface area is 138 Å². The van der Waals surface area contributed by atoms with Crippen LogP contribution in [0.2, 0.25) is 0 Å². The molecule has 4 heteroatoms. The first kappa shape index (κ1) is 13.6. The largest absolute Gasteiger partial charge is 0.369 e. The Kier molecular flexibility index (Phi) is 3.26. The van der Waals surface area contributed by atoms with Crippen molar-refractivity contribution >= 4 is 21.7 Å². The van der Waals surface area contributed by atoms with Gasteiger partial charge in [-0.25, -0.2) is 4.68 Å². The Bertz CT molecular complexity index is 834. The van der Waals surface area contributed by atoms with Gasteiger partial charge in [0.15, 0.2) is 0 Å². The number of nitrogens with zero attached hydrogens (tertiary/aromatic N) is 2. The maximum atomic E-state index is 4.90. The van der Waals surface area contributed by atoms with E-state index in [1.54, 1.807) is 0 Å². The number of fused-ring (bicyclic) bond motifs is 1. The zero-order chi connectivity index (χ0) is 15.1. The van der Waals surface area contributed by atoms with E-state index in [2.05, 4.69) is 64.6 Å². The van der Waals surface area contributed by atoms with Crippen LogP contribution in [0.1, 0.15) is 11.1 Å². The predicted octanol–water partition coefficient (Wildman–Crippen LogP) is 4.58. The molecule has 1 aliphatic heterocycles. The summed E-state index contributed by atoms with van der Waals surface area (Å²) < 4.78 is 3.10. The maximum absolute atomic E-state index is 4.90. The van der Waals surface area contributed by atoms with E-state index in [0.717, 1.165) is 34.6 Å². The van der Waals surface area contributed by atoms with Gasteiger partial charge in [0.05, 0.1) is 11.4 Å². The lowest BCUT2D eigenvalue weighted by molar-refractivity contribution is 0.882. The third-order valence-electron chi connectivity index (χ3n) is 4.12. The van der Waals surface area contributed by atoms with Crippen LogP contribution < -0.4 is 5.32 Å². The topological polar surface area (TPSA) is 29.9 Å². The quantitative estimate of drug-likeness (QED) is 0.730. The molecule has 0 bridgehead atoms. The minimum atomic E-state index is 0.975. The molecule has 0 saturated heterocycles. The highest BCUT2D eigenvalue weighted by Crippen LogP contribution is 2.35. The van der Waals surface area contributed by atoms with Gasteiger partial charge in [0.1, 0.15) is 5.82 Å². The van der Waals surface area contributed by atoms with E-state index in [4.69, 9.17) is 5.10 Å². The lowest BCUT2D eigenvalue weighted by Gasteiger charge is -2.06. The summed E-state index contributed by atoms with van der Waals surface area (Å²) in [6, 6.07) is 16.7. The fourth-order valence-electron chi connectivity index (χ4n) is 3.00. The number of anilines is 1. The number of aryl methyl sites for hydroxylation is 1. The van der Waals surface area contributed by atoms with Gasteiger partial charge in [-0.1, -0.05) is 40.2 Å². The summed E-state index contributed by atoms with van der Waals surface area (Å²) in [4.78, 5) is 0. The fourth-order valence-corrected chi connectivity index (χ4v) is 3.26. The molecule has 3 aromatic rings. The second-order valence-electron chi connectivity index (χ2n) is 5.56. The average molecular weight is 354 g/mol. The molecule has 0 radical (unpaired) electrons. The molecule has 110 valence electrons. The number of hydrogen-bond acceptors (Lipinski definition) is 2. The molecule has 0 atom stereocenters. The van der Waals surface area contributed by atoms with Gasteiger partial charge >= 0.3 is 0 Å². The Morgan fingerprint density at radius 1 is 1.09 bits per heavy atom. The number of rotatable bonds is 2. The third kappa shape index (κ3) is 2.15. The first-order chi connectivity index (χ1) is 10.7. The van der Waals surface area contributed by atoms with Gasteiger partial charge in [-0.15, -0.1) is 0 Å². The van der Waals surface area contributed by atoms with E-state index in [1.165, 1.54) is 16.7 Å². The normalized spacial score (nSPS) is 13.0. The minimum absolute atomic E-state index is 0.975. The SMILES string of the molecule is Cc1ccccc1-c1nn(-c2ccc(Br)cc2)c2c1CCN2. The molecule has 3 nitrogen and oxygen atoms in total. The van der Waals surface area contributed by atoms with Gasteiger partial charge in [-0.3, -0.25) is 0 Å². The molecule has 0 amide bonds. The molecule has 1 aliphatic rings. The molecule has 0 fully saturated rings. The fraction of sp³-hybridized carbons (Fsp3) is 0.167. The predicted molar refractivity (Wildman–Crippen MR) is 93.6 cm³/mol. The van der Waals surface area contributed by atoms with Crippen molar-refractivity contribution in [2.24, 2.45) is 0 Å². The molecular weight excluding hydrogens is 338 g/mol. The smallest absolute Gasteiger partial charge is 0.133 e. The number of halogens is 1. The molecule has 2 heterocycles. The number of hydrogen-bond donors (Lipinski definition) is 1. The summed E-state index contributed by atoms with van der Waals surface area (Å²) >= 11 is 3.49. The Morgan fingerprint density at radius 3 is 2.64 bits per heavy atom. The molecule has 0 spiro atoms. The highest BCUT2D eigenvalue weighted by atomic mass is 79.9. The van der Waals surface area contributed by atoms with E-state index >= 15 is 0 Å². The van der Waals surface area contributed by atoms with Crippen molar-refractivity contribution in [2.45, 2.75) is 13.3 Å². The van der Waals surface area contributed by atoms with Crippen molar-refractivity contribution < 1.29 is 0 Å². The lowest BCUT2D eigenvalue weighted by Crippen LogP contribution is -2.04. The van der Waals surface area contributed by atoms with Gasteiger partial charge in [0, 0.05) is 22.1 Å². The van der Waals surface area contributed by atoms with E-state index < -0.39 is 0 Å². The molecule has 0 saturated carbocycles. The van der Waals surface area contributed by atoms with Crippen molar-refractivity contribution in [3.63, 3.8) is 0 Å². The molecular formula is C18H16BrN3. The molecule has 1 N–H and O–H groups in total. The Morgan fingerprint density at radius 2 is 1.86 bits per heavy atom. The van der Waals surface area contributed by atoms with Crippen LogP contribution in [0, 0.1) is 6.92 Å². The molecule has 0 unspecified atom stereocenters. The summed E-state index contributed by atoms with van der Waals surface area (Å²) in [6.45, 7) is 3.12. The van der Waals surface area contributed by atoms with Crippen LogP contribution in [0.4, 0.5) is 5.82 Å². The average Bonchev–Trinajstić information content (AvgIpc) is 3.11. The van der Waals surface area contributed by atoms with Gasteiger partial charge in [-0.05, 0) is 43.2 Å². The summed E-state index contributed by atoms with van der Waals surface area (Å²) in [7, 11) is 0. The molecule has 2 aromatic carbocycles. The molecule has 4 rings (SSSR count). The first-order valence-electron chi connectivity index (χ1n) is 7.42. The standard InChI is InChI=1S/C18H16BrN3/c1-12-4-2-3-5-15(12)17-16-10-11-20-18(16)22(21-17)14-8-6-13(19)7-9-14/h2-9,20H,10-11H2,1H3. The van der Waals surface area contributed by atoms with Crippen LogP contribution in [0.3, 0.4) is 0 Å². The lowest BCUT2D eigenvalue weighted by atomic mass is 10.0. The van der Waals surface area contributed by atoms with Crippen LogP contribution in [0.15, 0.2) is 53.0 Å². The van der Waals surface area contributed by atoms with Crippen LogP contribution >= 0.6 is 15.9 Å². The van der Waals surface area contributed by atoms with Crippen LogP contribution in [0.25, 0.3) is 16.9 Å². The maximum Gasteiger partial charge on any atom is 0.133 e. The number of aromatic nitrogens is 2. The highest BCUT2D eigenvalue weighted by molar-refractivity contribution is 9.10. The second kappa shape index (κ2) is 5.29. The van der Waals surface area contributed by atoms with E-state index in [1.807, 2.05) is 16.8 Å². The summed E-state index contributed by atoms with van der Waals surface area (Å²) in [6.07, 6.45) is 1.02. The monoisotopic (exact) mass is 353 g/mol. The number of nitrogens with one attached hydrogen (secondary N) is 1. The van der Waals surface area contributed by atoms with E-state index in [-0.39, 0.29) is 0 Å². The van der Waals surface area contributed by atoms with E-state index in [0.29, 0.717) is 0 Å². The zero-order valence-electron chi connectivity index (χ0n) is 12.3. The Balaban J connectivity index is 1.90. The van der Waals surface area contributed by atoms with Crippen LogP contribution in [-0.4, -0.2) is 16.3 Å². The van der Waals surface area contributed by atoms with Crippen LogP contribution in [0.5, 0.6) is 0 Å². The van der Waals surface area contributed by atoms with Gasteiger partial charge < -0.3 is 5.32 Å². The van der Waals surface area contributed by atoms with Gasteiger partial charge in [0.2, 0.25) is 0 Å². The van der Waals surface area contributed by atoms with Crippen LogP contribution in [-0.2, 0) is 6.42 Å². The second-order valence-corrected chi connectivity index (χ2v) is 6.47. The first-order valence-corrected chi connectivity index (χ1v) is 8.21. The third-order valence-corrected chi connectivity index (χ3v) is 4.65. The molecule has 0 aliphatic carbocycles. The Hall–Kier alpha value is -2.07. The van der Waals surface area contributed by atoms with Crippen molar-refractivity contribution in [3.05, 3.63) is 64.1 Å². The van der Waals surface area contributed by atoms with Gasteiger partial charge in [-0.2, -0.15) is 5.10 Å². The highest BCUT2D eigenvalue weighted by Gasteiger charge is 2.24. The minimum Gasteiger partial charge on any atom is -0.369 e. The van der Waals surface area contributed by atoms with E-state index in [9.17, 15) is 0 Å². The number of benzene rings is 2. The zero-order valence-corrected chi connectivity index (χ0v) is 13.9. The summed E-state index contributed by atoms with van der Waals surface area (Å²) in [5.74, 6) is 1.13. The molecule has 22 heavy (non-hydrogen) atoms. The van der Waals surface area contributed by atoms with Gasteiger partial charge in [0.25, 0.3) is 0 Å². The summed E-state index contributed by atoms with van der Waals surface area (Å²) in [5.41, 5.74) is 5.97.